The van der Waals surface area contributed by atoms with E-state index >= 15 is 0 Å². The minimum atomic E-state index is -0.968. The number of phenols is 1. The zero-order valence-electron chi connectivity index (χ0n) is 6.74. The smallest absolute Gasteiger partial charge is 0.335 e. The molecule has 0 aliphatic heterocycles. The summed E-state index contributed by atoms with van der Waals surface area (Å²) in [6.45, 7) is 1.86. The second-order valence-electron chi connectivity index (χ2n) is 2.50. The monoisotopic (exact) mass is 166 g/mol. The summed E-state index contributed by atoms with van der Waals surface area (Å²) in [6, 6.07) is 4.27. The molecule has 0 atom stereocenters. The zero-order chi connectivity index (χ0) is 9.14. The first-order valence-electron chi connectivity index (χ1n) is 3.70. The number of hydrogen-bond donors (Lipinski definition) is 2. The van der Waals surface area contributed by atoms with Crippen molar-refractivity contribution in [2.24, 2.45) is 0 Å². The van der Waals surface area contributed by atoms with Crippen LogP contribution in [-0.2, 0) is 6.42 Å². The molecule has 0 fully saturated rings. The van der Waals surface area contributed by atoms with E-state index < -0.39 is 5.97 Å². The van der Waals surface area contributed by atoms with Crippen LogP contribution < -0.4 is 0 Å². The summed E-state index contributed by atoms with van der Waals surface area (Å²) in [6.07, 6.45) is 0.632. The summed E-state index contributed by atoms with van der Waals surface area (Å²) in [4.78, 5) is 10.5. The number of benzene rings is 1. The van der Waals surface area contributed by atoms with Crippen molar-refractivity contribution in [3.63, 3.8) is 0 Å². The molecule has 0 radical (unpaired) electrons. The van der Waals surface area contributed by atoms with Gasteiger partial charge in [0.15, 0.2) is 0 Å². The van der Waals surface area contributed by atoms with E-state index in [4.69, 9.17) is 5.11 Å². The third-order valence-corrected chi connectivity index (χ3v) is 1.71. The molecular formula is C9H10O3. The van der Waals surface area contributed by atoms with E-state index in [1.54, 1.807) is 0 Å². The number of carboxylic acid groups (broad SMARTS) is 1. The van der Waals surface area contributed by atoms with Crippen molar-refractivity contribution in [1.82, 2.24) is 0 Å². The van der Waals surface area contributed by atoms with Crippen molar-refractivity contribution in [2.75, 3.05) is 0 Å². The van der Waals surface area contributed by atoms with Gasteiger partial charge in [0.2, 0.25) is 0 Å². The lowest BCUT2D eigenvalue weighted by Gasteiger charge is -2.01. The summed E-state index contributed by atoms with van der Waals surface area (Å²) in [5, 5.41) is 17.8. The Balaban J connectivity index is 3.13. The van der Waals surface area contributed by atoms with Gasteiger partial charge < -0.3 is 10.2 Å². The van der Waals surface area contributed by atoms with Crippen LogP contribution in [0.4, 0.5) is 0 Å². The van der Waals surface area contributed by atoms with Crippen molar-refractivity contribution < 1.29 is 15.0 Å². The Morgan fingerprint density at radius 2 is 2.17 bits per heavy atom. The first-order chi connectivity index (χ1) is 5.65. The van der Waals surface area contributed by atoms with Gasteiger partial charge in [0.1, 0.15) is 5.75 Å². The first kappa shape index (κ1) is 8.59. The Kier molecular flexibility index (Phi) is 2.33. The minimum absolute atomic E-state index is 0.155. The van der Waals surface area contributed by atoms with Gasteiger partial charge in [-0.1, -0.05) is 6.92 Å². The SMILES string of the molecule is CCc1cc(C(=O)O)ccc1O. The molecule has 1 aromatic carbocycles. The van der Waals surface area contributed by atoms with E-state index in [1.807, 2.05) is 6.92 Å². The predicted molar refractivity (Wildman–Crippen MR) is 44.4 cm³/mol. The van der Waals surface area contributed by atoms with Gasteiger partial charge in [-0.2, -0.15) is 0 Å². The summed E-state index contributed by atoms with van der Waals surface area (Å²) in [7, 11) is 0. The Morgan fingerprint density at radius 1 is 1.50 bits per heavy atom. The van der Waals surface area contributed by atoms with Crippen molar-refractivity contribution in [1.29, 1.82) is 0 Å². The predicted octanol–water partition coefficient (Wildman–Crippen LogP) is 1.65. The Labute approximate surface area is 70.3 Å². The Hall–Kier alpha value is -1.51. The molecule has 64 valence electrons. The van der Waals surface area contributed by atoms with Gasteiger partial charge in [-0.3, -0.25) is 0 Å². The van der Waals surface area contributed by atoms with Crippen molar-refractivity contribution in [3.8, 4) is 5.75 Å². The number of aromatic hydroxyl groups is 1. The third-order valence-electron chi connectivity index (χ3n) is 1.71. The van der Waals surface area contributed by atoms with Crippen molar-refractivity contribution >= 4 is 5.97 Å². The molecule has 0 bridgehead atoms. The highest BCUT2D eigenvalue weighted by molar-refractivity contribution is 5.88. The number of aromatic carboxylic acids is 1. The molecule has 1 aromatic rings. The normalized spacial score (nSPS) is 9.75. The zero-order valence-corrected chi connectivity index (χ0v) is 6.74. The van der Waals surface area contributed by atoms with Gasteiger partial charge in [-0.25, -0.2) is 4.79 Å². The molecule has 3 nitrogen and oxygen atoms in total. The van der Waals surface area contributed by atoms with Crippen LogP contribution in [0, 0.1) is 0 Å². The third kappa shape index (κ3) is 1.56. The Morgan fingerprint density at radius 3 is 2.67 bits per heavy atom. The maximum atomic E-state index is 10.5. The van der Waals surface area contributed by atoms with E-state index in [0.717, 1.165) is 0 Å². The first-order valence-corrected chi connectivity index (χ1v) is 3.70. The van der Waals surface area contributed by atoms with E-state index in [1.165, 1.54) is 18.2 Å². The molecule has 0 saturated heterocycles. The quantitative estimate of drug-likeness (QED) is 0.702. The average molecular weight is 166 g/mol. The Bertz CT molecular complexity index is 305. The molecule has 0 aliphatic carbocycles. The molecule has 0 aromatic heterocycles. The fourth-order valence-corrected chi connectivity index (χ4v) is 1.00. The van der Waals surface area contributed by atoms with E-state index in [2.05, 4.69) is 0 Å². The van der Waals surface area contributed by atoms with Crippen LogP contribution in [0.2, 0.25) is 0 Å². The van der Waals surface area contributed by atoms with Gasteiger partial charge in [0, 0.05) is 0 Å². The molecule has 1 rings (SSSR count). The fourth-order valence-electron chi connectivity index (χ4n) is 1.00. The number of hydrogen-bond acceptors (Lipinski definition) is 2. The molecule has 2 N–H and O–H groups in total. The van der Waals surface area contributed by atoms with Crippen LogP contribution in [0.3, 0.4) is 0 Å². The lowest BCUT2D eigenvalue weighted by Crippen LogP contribution is -1.96. The molecule has 0 amide bonds. The lowest BCUT2D eigenvalue weighted by molar-refractivity contribution is 0.0697. The van der Waals surface area contributed by atoms with Crippen molar-refractivity contribution in [2.45, 2.75) is 13.3 Å². The number of phenolic OH excluding ortho intramolecular Hbond substituents is 1. The van der Waals surface area contributed by atoms with Gasteiger partial charge in [0.25, 0.3) is 0 Å². The number of aryl methyl sites for hydroxylation is 1. The standard InChI is InChI=1S/C9H10O3/c1-2-6-5-7(9(11)12)3-4-8(6)10/h3-5,10H,2H2,1H3,(H,11,12). The van der Waals surface area contributed by atoms with Crippen LogP contribution in [0.1, 0.15) is 22.8 Å². The van der Waals surface area contributed by atoms with Gasteiger partial charge >= 0.3 is 5.97 Å². The van der Waals surface area contributed by atoms with Crippen LogP contribution >= 0.6 is 0 Å². The number of carbonyl (C=O) groups is 1. The highest BCUT2D eigenvalue weighted by atomic mass is 16.4. The van der Waals surface area contributed by atoms with Crippen LogP contribution in [0.25, 0.3) is 0 Å². The maximum Gasteiger partial charge on any atom is 0.335 e. The highest BCUT2D eigenvalue weighted by Gasteiger charge is 2.05. The lowest BCUT2D eigenvalue weighted by atomic mass is 10.1. The maximum absolute atomic E-state index is 10.5. The molecule has 12 heavy (non-hydrogen) atoms. The molecule has 0 heterocycles. The number of rotatable bonds is 2. The van der Waals surface area contributed by atoms with Gasteiger partial charge in [-0.05, 0) is 30.2 Å². The number of carboxylic acids is 1. The molecule has 3 heteroatoms. The summed E-state index contributed by atoms with van der Waals surface area (Å²) in [5.41, 5.74) is 0.875. The highest BCUT2D eigenvalue weighted by Crippen LogP contribution is 2.18. The second-order valence-corrected chi connectivity index (χ2v) is 2.50. The second kappa shape index (κ2) is 3.26. The van der Waals surface area contributed by atoms with Crippen LogP contribution in [0.5, 0.6) is 5.75 Å². The summed E-state index contributed by atoms with van der Waals surface area (Å²) < 4.78 is 0. The molecular weight excluding hydrogens is 156 g/mol. The van der Waals surface area contributed by atoms with Gasteiger partial charge in [0.05, 0.1) is 5.56 Å². The average Bonchev–Trinajstić information content (AvgIpc) is 2.05. The summed E-state index contributed by atoms with van der Waals surface area (Å²) in [5.74, 6) is -0.813. The van der Waals surface area contributed by atoms with Crippen LogP contribution in [0.15, 0.2) is 18.2 Å². The van der Waals surface area contributed by atoms with E-state index in [9.17, 15) is 9.90 Å². The topological polar surface area (TPSA) is 57.5 Å². The molecule has 0 spiro atoms. The molecule has 0 unspecified atom stereocenters. The van der Waals surface area contributed by atoms with E-state index in [-0.39, 0.29) is 11.3 Å². The van der Waals surface area contributed by atoms with Crippen molar-refractivity contribution in [3.05, 3.63) is 29.3 Å². The largest absolute Gasteiger partial charge is 0.508 e. The van der Waals surface area contributed by atoms with E-state index in [0.29, 0.717) is 12.0 Å². The minimum Gasteiger partial charge on any atom is -0.508 e. The fraction of sp³-hybridized carbons (Fsp3) is 0.222. The van der Waals surface area contributed by atoms with Gasteiger partial charge in [-0.15, -0.1) is 0 Å². The molecule has 0 saturated carbocycles. The summed E-state index contributed by atoms with van der Waals surface area (Å²) >= 11 is 0. The molecule has 0 aliphatic rings. The van der Waals surface area contributed by atoms with Crippen LogP contribution in [-0.4, -0.2) is 16.2 Å².